The zero-order chi connectivity index (χ0) is 12.5. The topological polar surface area (TPSA) is 12.0 Å². The zero-order valence-electron chi connectivity index (χ0n) is 10.1. The monoisotopic (exact) mass is 257 g/mol. The zero-order valence-corrected chi connectivity index (χ0v) is 10.9. The van der Waals surface area contributed by atoms with E-state index in [2.05, 4.69) is 19.2 Å². The van der Waals surface area contributed by atoms with Crippen LogP contribution in [0.1, 0.15) is 20.3 Å². The van der Waals surface area contributed by atoms with E-state index < -0.39 is 11.6 Å². The number of rotatable bonds is 2. The SMILES string of the molecule is CC1(C)CCSCC1Nc1ccc(F)c(F)c1. The van der Waals surface area contributed by atoms with Gasteiger partial charge in [0, 0.05) is 23.5 Å². The molecule has 0 saturated carbocycles. The number of thioether (sulfide) groups is 1. The average Bonchev–Trinajstić information content (AvgIpc) is 2.26. The Bertz CT molecular complexity index is 406. The van der Waals surface area contributed by atoms with Crippen molar-refractivity contribution in [2.75, 3.05) is 16.8 Å². The maximum absolute atomic E-state index is 13.1. The third kappa shape index (κ3) is 2.92. The Kier molecular flexibility index (Phi) is 3.61. The van der Waals surface area contributed by atoms with E-state index in [0.29, 0.717) is 11.7 Å². The van der Waals surface area contributed by atoms with Crippen molar-refractivity contribution in [3.63, 3.8) is 0 Å². The standard InChI is InChI=1S/C13H17F2NS/c1-13(2)5-6-17-8-12(13)16-9-3-4-10(14)11(15)7-9/h3-4,7,12,16H,5-6,8H2,1-2H3. The highest BCUT2D eigenvalue weighted by atomic mass is 32.2. The van der Waals surface area contributed by atoms with Gasteiger partial charge in [0.15, 0.2) is 11.6 Å². The van der Waals surface area contributed by atoms with Crippen molar-refractivity contribution in [1.29, 1.82) is 0 Å². The molecule has 1 nitrogen and oxygen atoms in total. The smallest absolute Gasteiger partial charge is 0.160 e. The molecule has 1 aromatic rings. The summed E-state index contributed by atoms with van der Waals surface area (Å²) in [4.78, 5) is 0. The van der Waals surface area contributed by atoms with E-state index in [-0.39, 0.29) is 5.41 Å². The maximum Gasteiger partial charge on any atom is 0.160 e. The van der Waals surface area contributed by atoms with Gasteiger partial charge in [0.2, 0.25) is 0 Å². The van der Waals surface area contributed by atoms with Gasteiger partial charge in [0.1, 0.15) is 0 Å². The lowest BCUT2D eigenvalue weighted by Crippen LogP contribution is -2.41. The average molecular weight is 257 g/mol. The van der Waals surface area contributed by atoms with E-state index in [1.165, 1.54) is 17.9 Å². The summed E-state index contributed by atoms with van der Waals surface area (Å²) in [6.45, 7) is 4.43. The first kappa shape index (κ1) is 12.7. The molecule has 0 radical (unpaired) electrons. The molecule has 1 aromatic carbocycles. The van der Waals surface area contributed by atoms with Crippen LogP contribution in [0.4, 0.5) is 14.5 Å². The van der Waals surface area contributed by atoms with Crippen LogP contribution in [0.3, 0.4) is 0 Å². The van der Waals surface area contributed by atoms with Gasteiger partial charge in [-0.1, -0.05) is 13.8 Å². The lowest BCUT2D eigenvalue weighted by Gasteiger charge is -2.39. The van der Waals surface area contributed by atoms with Crippen molar-refractivity contribution >= 4 is 17.4 Å². The van der Waals surface area contributed by atoms with Gasteiger partial charge in [-0.2, -0.15) is 11.8 Å². The molecule has 0 bridgehead atoms. The molecule has 94 valence electrons. The summed E-state index contributed by atoms with van der Waals surface area (Å²) in [5.41, 5.74) is 0.848. The molecule has 1 unspecified atom stereocenters. The molecule has 4 heteroatoms. The van der Waals surface area contributed by atoms with E-state index in [9.17, 15) is 8.78 Å². The Labute approximate surface area is 105 Å². The Hall–Kier alpha value is -0.770. The van der Waals surface area contributed by atoms with Gasteiger partial charge in [0.25, 0.3) is 0 Å². The van der Waals surface area contributed by atoms with Crippen LogP contribution in [0.25, 0.3) is 0 Å². The molecule has 0 amide bonds. The van der Waals surface area contributed by atoms with Crippen molar-refractivity contribution in [2.24, 2.45) is 5.41 Å². The van der Waals surface area contributed by atoms with E-state index in [0.717, 1.165) is 12.2 Å². The van der Waals surface area contributed by atoms with Crippen LogP contribution in [-0.4, -0.2) is 17.5 Å². The molecular formula is C13H17F2NS. The Balaban J connectivity index is 2.11. The van der Waals surface area contributed by atoms with Gasteiger partial charge in [-0.3, -0.25) is 0 Å². The minimum atomic E-state index is -0.798. The summed E-state index contributed by atoms with van der Waals surface area (Å²) in [7, 11) is 0. The van der Waals surface area contributed by atoms with Crippen LogP contribution in [0.5, 0.6) is 0 Å². The van der Waals surface area contributed by atoms with Gasteiger partial charge >= 0.3 is 0 Å². The van der Waals surface area contributed by atoms with Crippen molar-refractivity contribution in [3.05, 3.63) is 29.8 Å². The Morgan fingerprint density at radius 2 is 2.06 bits per heavy atom. The summed E-state index contributed by atoms with van der Waals surface area (Å²) >= 11 is 1.90. The molecule has 17 heavy (non-hydrogen) atoms. The minimum Gasteiger partial charge on any atom is -0.381 e. The summed E-state index contributed by atoms with van der Waals surface area (Å²) in [5.74, 6) is 0.582. The van der Waals surface area contributed by atoms with Crippen LogP contribution in [-0.2, 0) is 0 Å². The minimum absolute atomic E-state index is 0.191. The fourth-order valence-electron chi connectivity index (χ4n) is 1.96. The van der Waals surface area contributed by atoms with E-state index in [1.54, 1.807) is 6.07 Å². The van der Waals surface area contributed by atoms with Gasteiger partial charge in [-0.25, -0.2) is 8.78 Å². The van der Waals surface area contributed by atoms with Crippen molar-refractivity contribution in [1.82, 2.24) is 0 Å². The third-order valence-corrected chi connectivity index (χ3v) is 4.44. The molecule has 1 aliphatic rings. The van der Waals surface area contributed by atoms with Gasteiger partial charge < -0.3 is 5.32 Å². The number of halogens is 2. The van der Waals surface area contributed by atoms with Gasteiger partial charge in [-0.15, -0.1) is 0 Å². The molecule has 1 atom stereocenters. The molecule has 0 aromatic heterocycles. The highest BCUT2D eigenvalue weighted by Gasteiger charge is 2.32. The molecule has 0 spiro atoms. The predicted octanol–water partition coefficient (Wildman–Crippen LogP) is 3.91. The first-order chi connectivity index (χ1) is 7.99. The molecule has 1 N–H and O–H groups in total. The molecule has 2 rings (SSSR count). The molecule has 1 fully saturated rings. The number of hydrogen-bond acceptors (Lipinski definition) is 2. The summed E-state index contributed by atoms with van der Waals surface area (Å²) in [6.07, 6.45) is 1.14. The predicted molar refractivity (Wildman–Crippen MR) is 69.5 cm³/mol. The van der Waals surface area contributed by atoms with Crippen LogP contribution < -0.4 is 5.32 Å². The largest absolute Gasteiger partial charge is 0.381 e. The van der Waals surface area contributed by atoms with E-state index >= 15 is 0 Å². The van der Waals surface area contributed by atoms with Gasteiger partial charge in [-0.05, 0) is 29.7 Å². The number of benzene rings is 1. The molecule has 0 aliphatic carbocycles. The highest BCUT2D eigenvalue weighted by Crippen LogP contribution is 2.36. The highest BCUT2D eigenvalue weighted by molar-refractivity contribution is 7.99. The number of nitrogens with one attached hydrogen (secondary N) is 1. The maximum atomic E-state index is 13.1. The second-order valence-electron chi connectivity index (χ2n) is 5.14. The van der Waals surface area contributed by atoms with Crippen molar-refractivity contribution in [2.45, 2.75) is 26.3 Å². The van der Waals surface area contributed by atoms with Crippen LogP contribution in [0.15, 0.2) is 18.2 Å². The number of hydrogen-bond donors (Lipinski definition) is 1. The van der Waals surface area contributed by atoms with Crippen molar-refractivity contribution in [3.8, 4) is 0 Å². The molecular weight excluding hydrogens is 240 g/mol. The van der Waals surface area contributed by atoms with Crippen molar-refractivity contribution < 1.29 is 8.78 Å². The quantitative estimate of drug-likeness (QED) is 0.862. The lowest BCUT2D eigenvalue weighted by molar-refractivity contribution is 0.305. The second kappa shape index (κ2) is 4.84. The molecule has 1 aliphatic heterocycles. The summed E-state index contributed by atoms with van der Waals surface area (Å²) in [6, 6.07) is 4.28. The van der Waals surface area contributed by atoms with E-state index in [4.69, 9.17) is 0 Å². The lowest BCUT2D eigenvalue weighted by atomic mass is 9.82. The molecule has 1 heterocycles. The van der Waals surface area contributed by atoms with Crippen LogP contribution in [0.2, 0.25) is 0 Å². The fraction of sp³-hybridized carbons (Fsp3) is 0.538. The Morgan fingerprint density at radius 1 is 1.29 bits per heavy atom. The second-order valence-corrected chi connectivity index (χ2v) is 6.29. The summed E-state index contributed by atoms with van der Waals surface area (Å²) < 4.78 is 25.9. The first-order valence-corrected chi connectivity index (χ1v) is 6.94. The van der Waals surface area contributed by atoms with Crippen LogP contribution >= 0.6 is 11.8 Å². The Morgan fingerprint density at radius 3 is 2.71 bits per heavy atom. The molecule has 1 saturated heterocycles. The normalized spacial score (nSPS) is 23.4. The fourth-order valence-corrected chi connectivity index (χ4v) is 3.57. The van der Waals surface area contributed by atoms with Crippen LogP contribution in [0, 0.1) is 17.0 Å². The van der Waals surface area contributed by atoms with Gasteiger partial charge in [0.05, 0.1) is 0 Å². The third-order valence-electron chi connectivity index (χ3n) is 3.38. The first-order valence-electron chi connectivity index (χ1n) is 5.78. The van der Waals surface area contributed by atoms with E-state index in [1.807, 2.05) is 11.8 Å². The number of anilines is 1. The summed E-state index contributed by atoms with van der Waals surface area (Å²) in [5, 5.41) is 3.31.